The summed E-state index contributed by atoms with van der Waals surface area (Å²) in [4.78, 5) is 4.75. The summed E-state index contributed by atoms with van der Waals surface area (Å²) >= 11 is 1.82. The van der Waals surface area contributed by atoms with E-state index < -0.39 is 0 Å². The topological polar surface area (TPSA) is 24.4 Å². The van der Waals surface area contributed by atoms with Crippen LogP contribution in [-0.4, -0.2) is 16.5 Å². The Bertz CT molecular complexity index is 464. The molecule has 18 heavy (non-hydrogen) atoms. The van der Waals surface area contributed by atoms with E-state index in [0.29, 0.717) is 0 Å². The summed E-state index contributed by atoms with van der Waals surface area (Å²) in [5.41, 5.74) is 3.99. The van der Waals surface area contributed by atoms with Gasteiger partial charge in [0.05, 0.1) is 5.54 Å². The maximum atomic E-state index is 4.75. The molecule has 0 aliphatic carbocycles. The van der Waals surface area contributed by atoms with E-state index in [1.54, 1.807) is 0 Å². The molecule has 0 spiro atoms. The fourth-order valence-corrected chi connectivity index (χ4v) is 3.42. The summed E-state index contributed by atoms with van der Waals surface area (Å²) < 4.78 is 0. The van der Waals surface area contributed by atoms with Gasteiger partial charge in [0, 0.05) is 11.4 Å². The second-order valence-corrected chi connectivity index (χ2v) is 6.53. The van der Waals surface area contributed by atoms with E-state index in [2.05, 4.69) is 51.2 Å². The highest BCUT2D eigenvalue weighted by Crippen LogP contribution is 2.27. The van der Waals surface area contributed by atoms with Crippen LogP contribution >= 0.6 is 11.8 Å². The summed E-state index contributed by atoms with van der Waals surface area (Å²) in [6.45, 7) is 8.75. The molecule has 1 heterocycles. The quantitative estimate of drug-likeness (QED) is 0.862. The maximum Gasteiger partial charge on any atom is 0.161 e. The van der Waals surface area contributed by atoms with E-state index in [1.165, 1.54) is 11.1 Å². The van der Waals surface area contributed by atoms with Crippen molar-refractivity contribution in [3.63, 3.8) is 0 Å². The number of nitrogens with zero attached hydrogens (tertiary/aromatic N) is 1. The first-order valence-electron chi connectivity index (χ1n) is 6.59. The van der Waals surface area contributed by atoms with E-state index in [1.807, 2.05) is 11.8 Å². The summed E-state index contributed by atoms with van der Waals surface area (Å²) in [5.74, 6) is 1.14. The van der Waals surface area contributed by atoms with Gasteiger partial charge in [-0.05, 0) is 56.9 Å². The number of anilines is 1. The molecule has 0 saturated heterocycles. The molecule has 0 aromatic heterocycles. The van der Waals surface area contributed by atoms with Crippen molar-refractivity contribution in [2.75, 3.05) is 11.1 Å². The molecule has 3 heteroatoms. The summed E-state index contributed by atoms with van der Waals surface area (Å²) in [6.07, 6.45) is 2.24. The Balaban J connectivity index is 2.14. The maximum absolute atomic E-state index is 4.75. The van der Waals surface area contributed by atoms with Crippen molar-refractivity contribution in [3.05, 3.63) is 29.3 Å². The zero-order chi connectivity index (χ0) is 13.2. The fraction of sp³-hybridized carbons (Fsp3) is 0.533. The minimum atomic E-state index is 0.0754. The van der Waals surface area contributed by atoms with Crippen LogP contribution in [0.3, 0.4) is 0 Å². The van der Waals surface area contributed by atoms with Crippen molar-refractivity contribution in [3.8, 4) is 0 Å². The van der Waals surface area contributed by atoms with Crippen molar-refractivity contribution in [2.45, 2.75) is 46.1 Å². The SMILES string of the molecule is CCc1ccc(NC2=NC(C)(C)CCS2)cc1C. The molecule has 0 fully saturated rings. The van der Waals surface area contributed by atoms with E-state index in [0.717, 1.165) is 29.4 Å². The van der Waals surface area contributed by atoms with Crippen LogP contribution in [0.25, 0.3) is 0 Å². The van der Waals surface area contributed by atoms with Gasteiger partial charge in [0.2, 0.25) is 0 Å². The van der Waals surface area contributed by atoms with E-state index in [9.17, 15) is 0 Å². The molecule has 2 nitrogen and oxygen atoms in total. The lowest BCUT2D eigenvalue weighted by atomic mass is 10.0. The second-order valence-electron chi connectivity index (χ2n) is 5.45. The number of amidine groups is 1. The smallest absolute Gasteiger partial charge is 0.161 e. The van der Waals surface area contributed by atoms with Gasteiger partial charge in [-0.3, -0.25) is 4.99 Å². The van der Waals surface area contributed by atoms with Crippen LogP contribution < -0.4 is 5.32 Å². The van der Waals surface area contributed by atoms with Crippen LogP contribution in [0.2, 0.25) is 0 Å². The molecule has 1 N–H and O–H groups in total. The molecule has 2 rings (SSSR count). The third-order valence-corrected chi connectivity index (χ3v) is 4.21. The zero-order valence-corrected chi connectivity index (χ0v) is 12.5. The lowest BCUT2D eigenvalue weighted by Crippen LogP contribution is -2.27. The van der Waals surface area contributed by atoms with E-state index in [4.69, 9.17) is 4.99 Å². The zero-order valence-electron chi connectivity index (χ0n) is 11.7. The van der Waals surface area contributed by atoms with E-state index >= 15 is 0 Å². The van der Waals surface area contributed by atoms with Gasteiger partial charge in [0.15, 0.2) is 5.17 Å². The van der Waals surface area contributed by atoms with Gasteiger partial charge in [0.1, 0.15) is 0 Å². The first-order chi connectivity index (χ1) is 8.50. The van der Waals surface area contributed by atoms with Gasteiger partial charge in [0.25, 0.3) is 0 Å². The molecule has 0 atom stereocenters. The van der Waals surface area contributed by atoms with Crippen molar-refractivity contribution in [2.24, 2.45) is 4.99 Å². The van der Waals surface area contributed by atoms with Crippen LogP contribution in [0.1, 0.15) is 38.3 Å². The van der Waals surface area contributed by atoms with Crippen LogP contribution in [-0.2, 0) is 6.42 Å². The van der Waals surface area contributed by atoms with Gasteiger partial charge in [-0.15, -0.1) is 0 Å². The Kier molecular flexibility index (Phi) is 4.00. The molecule has 98 valence electrons. The minimum Gasteiger partial charge on any atom is -0.335 e. The first-order valence-corrected chi connectivity index (χ1v) is 7.58. The number of hydrogen-bond acceptors (Lipinski definition) is 3. The first kappa shape index (κ1) is 13.5. The number of thioether (sulfide) groups is 1. The summed E-state index contributed by atoms with van der Waals surface area (Å²) in [5, 5.41) is 4.49. The van der Waals surface area contributed by atoms with Gasteiger partial charge < -0.3 is 5.32 Å². The van der Waals surface area contributed by atoms with Gasteiger partial charge in [-0.2, -0.15) is 0 Å². The average molecular weight is 262 g/mol. The summed E-state index contributed by atoms with van der Waals surface area (Å²) in [7, 11) is 0. The molecule has 0 unspecified atom stereocenters. The number of aliphatic imine (C=N–C) groups is 1. The number of aryl methyl sites for hydroxylation is 2. The lowest BCUT2D eigenvalue weighted by Gasteiger charge is -2.26. The van der Waals surface area contributed by atoms with E-state index in [-0.39, 0.29) is 5.54 Å². The highest BCUT2D eigenvalue weighted by molar-refractivity contribution is 8.14. The summed E-state index contributed by atoms with van der Waals surface area (Å²) in [6, 6.07) is 6.57. The molecule has 0 amide bonds. The molecule has 1 aliphatic heterocycles. The molecule has 1 aromatic rings. The third-order valence-electron chi connectivity index (χ3n) is 3.33. The standard InChI is InChI=1S/C15H22N2S/c1-5-12-6-7-13(10-11(12)2)16-14-17-15(3,4)8-9-18-14/h6-7,10H,5,8-9H2,1-4H3,(H,16,17). The Hall–Kier alpha value is -0.960. The number of hydrogen-bond donors (Lipinski definition) is 1. The van der Waals surface area contributed by atoms with Crippen LogP contribution in [0.15, 0.2) is 23.2 Å². The fourth-order valence-electron chi connectivity index (χ4n) is 2.12. The molecular weight excluding hydrogens is 240 g/mol. The number of nitrogens with one attached hydrogen (secondary N) is 1. The van der Waals surface area contributed by atoms with Crippen LogP contribution in [0.4, 0.5) is 5.69 Å². The normalized spacial score (nSPS) is 18.3. The highest BCUT2D eigenvalue weighted by atomic mass is 32.2. The monoisotopic (exact) mass is 262 g/mol. The van der Waals surface area contributed by atoms with Crippen LogP contribution in [0.5, 0.6) is 0 Å². The van der Waals surface area contributed by atoms with Gasteiger partial charge >= 0.3 is 0 Å². The average Bonchev–Trinajstić information content (AvgIpc) is 2.28. The molecule has 0 saturated carbocycles. The minimum absolute atomic E-state index is 0.0754. The Morgan fingerprint density at radius 3 is 2.78 bits per heavy atom. The highest BCUT2D eigenvalue weighted by Gasteiger charge is 2.22. The van der Waals surface area contributed by atoms with Crippen molar-refractivity contribution >= 4 is 22.6 Å². The molecule has 0 radical (unpaired) electrons. The molecular formula is C15H22N2S. The molecule has 1 aromatic carbocycles. The molecule has 0 bridgehead atoms. The van der Waals surface area contributed by atoms with Gasteiger partial charge in [-0.1, -0.05) is 24.8 Å². The number of rotatable bonds is 2. The number of benzene rings is 1. The van der Waals surface area contributed by atoms with Crippen LogP contribution in [0, 0.1) is 6.92 Å². The largest absolute Gasteiger partial charge is 0.335 e. The Labute approximate surface area is 114 Å². The van der Waals surface area contributed by atoms with Gasteiger partial charge in [-0.25, -0.2) is 0 Å². The molecule has 1 aliphatic rings. The Morgan fingerprint density at radius 2 is 2.17 bits per heavy atom. The third kappa shape index (κ3) is 3.29. The lowest BCUT2D eigenvalue weighted by molar-refractivity contribution is 0.507. The predicted octanol–water partition coefficient (Wildman–Crippen LogP) is 4.24. The Morgan fingerprint density at radius 1 is 1.39 bits per heavy atom. The van der Waals surface area contributed by atoms with Crippen molar-refractivity contribution in [1.82, 2.24) is 0 Å². The van der Waals surface area contributed by atoms with Crippen molar-refractivity contribution in [1.29, 1.82) is 0 Å². The van der Waals surface area contributed by atoms with Crippen molar-refractivity contribution < 1.29 is 0 Å². The second kappa shape index (κ2) is 5.35. The predicted molar refractivity (Wildman–Crippen MR) is 82.8 cm³/mol.